The van der Waals surface area contributed by atoms with Gasteiger partial charge < -0.3 is 15.3 Å². The first-order valence-electron chi connectivity index (χ1n) is 9.17. The van der Waals surface area contributed by atoms with Gasteiger partial charge in [-0.15, -0.1) is 0 Å². The van der Waals surface area contributed by atoms with E-state index in [1.165, 1.54) is 24.3 Å². The quantitative estimate of drug-likeness (QED) is 0.669. The van der Waals surface area contributed by atoms with Crippen LogP contribution in [0.1, 0.15) is 6.42 Å². The maximum absolute atomic E-state index is 12.9. The Morgan fingerprint density at radius 3 is 2.21 bits per heavy atom. The van der Waals surface area contributed by atoms with Crippen LogP contribution in [0.15, 0.2) is 24.3 Å². The van der Waals surface area contributed by atoms with E-state index in [0.29, 0.717) is 38.4 Å². The number of benzene rings is 1. The number of hydrogen-bond acceptors (Lipinski definition) is 5. The Morgan fingerprint density at radius 1 is 1.11 bits per heavy atom. The van der Waals surface area contributed by atoms with E-state index in [0.717, 1.165) is 0 Å². The van der Waals surface area contributed by atoms with Crippen LogP contribution >= 0.6 is 0 Å². The fraction of sp³-hybridized carbons (Fsp3) is 0.526. The molecule has 1 unspecified atom stereocenters. The Kier molecular flexibility index (Phi) is 7.89. The molecule has 1 atom stereocenters. The number of nitrogens with one attached hydrogen (secondary N) is 1. The monoisotopic (exact) mass is 394 g/mol. The van der Waals surface area contributed by atoms with Crippen molar-refractivity contribution < 1.29 is 23.9 Å². The predicted molar refractivity (Wildman–Crippen MR) is 102 cm³/mol. The maximum Gasteiger partial charge on any atom is 0.308 e. The number of piperazine rings is 1. The number of likely N-dealkylation sites (N-methyl/N-ethyl adjacent to an activating group) is 1. The van der Waals surface area contributed by atoms with Gasteiger partial charge in [-0.3, -0.25) is 24.2 Å². The van der Waals surface area contributed by atoms with Crippen molar-refractivity contribution in [3.63, 3.8) is 0 Å². The number of nitrogens with zero attached hydrogens (tertiary/aromatic N) is 3. The summed E-state index contributed by atoms with van der Waals surface area (Å²) >= 11 is 0. The van der Waals surface area contributed by atoms with Crippen molar-refractivity contribution in [1.82, 2.24) is 14.7 Å². The number of carboxylic acids is 1. The predicted octanol–water partition coefficient (Wildman–Crippen LogP) is 0.561. The van der Waals surface area contributed by atoms with E-state index in [1.807, 2.05) is 9.80 Å². The highest BCUT2D eigenvalue weighted by Gasteiger charge is 2.27. The Bertz CT molecular complexity index is 688. The summed E-state index contributed by atoms with van der Waals surface area (Å²) in [5.41, 5.74) is 0.426. The van der Waals surface area contributed by atoms with E-state index >= 15 is 0 Å². The van der Waals surface area contributed by atoms with Crippen LogP contribution in [-0.2, 0) is 14.4 Å². The molecule has 0 spiro atoms. The van der Waals surface area contributed by atoms with Crippen LogP contribution < -0.4 is 5.32 Å². The molecule has 0 saturated carbocycles. The van der Waals surface area contributed by atoms with E-state index < -0.39 is 23.6 Å². The third kappa shape index (κ3) is 6.90. The standard InChI is InChI=1S/C19H27FN4O4/c1-22(2)18(26)13-24-9-7-23(8-10-24)12-14(19(27)28)11-17(25)21-16-5-3-15(20)4-6-16/h3-6,14H,7-13H2,1-2H3,(H,21,25)(H,27,28). The van der Waals surface area contributed by atoms with Crippen molar-refractivity contribution in [1.29, 1.82) is 0 Å². The Hall–Kier alpha value is -2.52. The third-order valence-corrected chi connectivity index (χ3v) is 4.71. The van der Waals surface area contributed by atoms with Crippen molar-refractivity contribution >= 4 is 23.5 Å². The molecule has 1 heterocycles. The van der Waals surface area contributed by atoms with Crippen molar-refractivity contribution in [2.24, 2.45) is 5.92 Å². The van der Waals surface area contributed by atoms with Gasteiger partial charge in [0.05, 0.1) is 12.5 Å². The highest BCUT2D eigenvalue weighted by atomic mass is 19.1. The zero-order valence-corrected chi connectivity index (χ0v) is 16.2. The van der Waals surface area contributed by atoms with E-state index in [-0.39, 0.29) is 18.9 Å². The number of carbonyl (C=O) groups excluding carboxylic acids is 2. The molecule has 28 heavy (non-hydrogen) atoms. The lowest BCUT2D eigenvalue weighted by molar-refractivity contribution is -0.144. The van der Waals surface area contributed by atoms with Gasteiger partial charge in [-0.05, 0) is 24.3 Å². The fourth-order valence-electron chi connectivity index (χ4n) is 2.97. The second-order valence-electron chi connectivity index (χ2n) is 7.16. The highest BCUT2D eigenvalue weighted by Crippen LogP contribution is 2.13. The van der Waals surface area contributed by atoms with Crippen molar-refractivity contribution in [2.75, 3.05) is 58.7 Å². The zero-order valence-electron chi connectivity index (χ0n) is 16.2. The maximum atomic E-state index is 12.9. The minimum Gasteiger partial charge on any atom is -0.481 e. The Balaban J connectivity index is 1.81. The fourth-order valence-corrected chi connectivity index (χ4v) is 2.97. The molecule has 0 bridgehead atoms. The normalized spacial score (nSPS) is 16.4. The molecule has 2 amide bonds. The second-order valence-corrected chi connectivity index (χ2v) is 7.16. The summed E-state index contributed by atoms with van der Waals surface area (Å²) in [4.78, 5) is 41.1. The summed E-state index contributed by atoms with van der Waals surface area (Å²) in [5.74, 6) is -2.66. The van der Waals surface area contributed by atoms with Gasteiger partial charge in [0.2, 0.25) is 11.8 Å². The average molecular weight is 394 g/mol. The number of carbonyl (C=O) groups is 3. The molecule has 1 aromatic rings. The van der Waals surface area contributed by atoms with Crippen molar-refractivity contribution in [2.45, 2.75) is 6.42 Å². The van der Waals surface area contributed by atoms with Crippen LogP contribution in [-0.4, -0.2) is 91.0 Å². The smallest absolute Gasteiger partial charge is 0.308 e. The molecule has 0 aromatic heterocycles. The third-order valence-electron chi connectivity index (χ3n) is 4.71. The molecule has 1 aromatic carbocycles. The molecule has 8 nitrogen and oxygen atoms in total. The molecule has 154 valence electrons. The molecule has 1 fully saturated rings. The van der Waals surface area contributed by atoms with Gasteiger partial charge in [0.25, 0.3) is 0 Å². The molecular formula is C19H27FN4O4. The first-order valence-corrected chi connectivity index (χ1v) is 9.17. The summed E-state index contributed by atoms with van der Waals surface area (Å²) in [6, 6.07) is 5.31. The van der Waals surface area contributed by atoms with E-state index in [2.05, 4.69) is 5.32 Å². The molecule has 0 aliphatic carbocycles. The topological polar surface area (TPSA) is 93.2 Å². The van der Waals surface area contributed by atoms with E-state index in [4.69, 9.17) is 0 Å². The number of amides is 2. The number of rotatable bonds is 8. The lowest BCUT2D eigenvalue weighted by atomic mass is 10.0. The summed E-state index contributed by atoms with van der Waals surface area (Å²) in [5, 5.41) is 12.1. The molecule has 9 heteroatoms. The second kappa shape index (κ2) is 10.1. The zero-order chi connectivity index (χ0) is 20.7. The molecule has 1 aliphatic rings. The molecule has 0 radical (unpaired) electrons. The van der Waals surface area contributed by atoms with Gasteiger partial charge in [0, 0.05) is 58.9 Å². The van der Waals surface area contributed by atoms with Gasteiger partial charge in [-0.2, -0.15) is 0 Å². The van der Waals surface area contributed by atoms with Gasteiger partial charge in [0.1, 0.15) is 5.82 Å². The SMILES string of the molecule is CN(C)C(=O)CN1CCN(CC(CC(=O)Nc2ccc(F)cc2)C(=O)O)CC1. The van der Waals surface area contributed by atoms with Crippen LogP contribution in [0.4, 0.5) is 10.1 Å². The first kappa shape index (κ1) is 21.8. The molecule has 2 rings (SSSR count). The molecule has 1 saturated heterocycles. The number of anilines is 1. The Labute approximate surface area is 163 Å². The number of hydrogen-bond donors (Lipinski definition) is 2. The average Bonchev–Trinajstić information content (AvgIpc) is 2.64. The van der Waals surface area contributed by atoms with Gasteiger partial charge in [0.15, 0.2) is 0 Å². The van der Waals surface area contributed by atoms with Crippen LogP contribution in [0.25, 0.3) is 0 Å². The number of aliphatic carboxylic acids is 1. The highest BCUT2D eigenvalue weighted by molar-refractivity contribution is 5.93. The Morgan fingerprint density at radius 2 is 1.68 bits per heavy atom. The summed E-state index contributed by atoms with van der Waals surface area (Å²) < 4.78 is 12.9. The van der Waals surface area contributed by atoms with Gasteiger partial charge in [-0.25, -0.2) is 4.39 Å². The lowest BCUT2D eigenvalue weighted by Gasteiger charge is -2.35. The van der Waals surface area contributed by atoms with E-state index in [1.54, 1.807) is 19.0 Å². The van der Waals surface area contributed by atoms with Crippen LogP contribution in [0.3, 0.4) is 0 Å². The minimum atomic E-state index is -1.03. The largest absolute Gasteiger partial charge is 0.481 e. The molecular weight excluding hydrogens is 367 g/mol. The van der Waals surface area contributed by atoms with Gasteiger partial charge in [-0.1, -0.05) is 0 Å². The minimum absolute atomic E-state index is 0.0364. The summed E-state index contributed by atoms with van der Waals surface area (Å²) in [6.45, 7) is 3.25. The molecule has 1 aliphatic heterocycles. The first-order chi connectivity index (χ1) is 13.2. The van der Waals surface area contributed by atoms with Crippen molar-refractivity contribution in [3.8, 4) is 0 Å². The van der Waals surface area contributed by atoms with Crippen LogP contribution in [0.5, 0.6) is 0 Å². The number of carboxylic acid groups (broad SMARTS) is 1. The summed E-state index contributed by atoms with van der Waals surface area (Å²) in [6.07, 6.45) is -0.161. The van der Waals surface area contributed by atoms with Crippen LogP contribution in [0, 0.1) is 11.7 Å². The summed E-state index contributed by atoms with van der Waals surface area (Å²) in [7, 11) is 3.43. The van der Waals surface area contributed by atoms with Gasteiger partial charge >= 0.3 is 5.97 Å². The molecule has 2 N–H and O–H groups in total. The number of halogens is 1. The van der Waals surface area contributed by atoms with Crippen LogP contribution in [0.2, 0.25) is 0 Å². The lowest BCUT2D eigenvalue weighted by Crippen LogP contribution is -2.50. The van der Waals surface area contributed by atoms with E-state index in [9.17, 15) is 23.9 Å². The van der Waals surface area contributed by atoms with Crippen molar-refractivity contribution in [3.05, 3.63) is 30.1 Å².